The smallest absolute Gasteiger partial charge is 0.0949 e. The molecule has 4 nitrogen and oxygen atoms in total. The lowest BCUT2D eigenvalue weighted by Crippen LogP contribution is -2.10. The standard InChI is InChI=1S/C8H16N4/c1-10-4-2-8-6-12(5-3-9)7-11-8/h6-7,10H,2-5,9H2,1H3. The molecule has 3 N–H and O–H groups in total. The van der Waals surface area contributed by atoms with Crippen LogP contribution in [0, 0.1) is 0 Å². The van der Waals surface area contributed by atoms with E-state index in [0.29, 0.717) is 6.54 Å². The van der Waals surface area contributed by atoms with Crippen molar-refractivity contribution in [2.24, 2.45) is 5.73 Å². The lowest BCUT2D eigenvalue weighted by atomic mass is 10.3. The van der Waals surface area contributed by atoms with Gasteiger partial charge in [-0.3, -0.25) is 0 Å². The molecule has 0 aliphatic heterocycles. The fourth-order valence-electron chi connectivity index (χ4n) is 1.06. The Labute approximate surface area is 72.8 Å². The second kappa shape index (κ2) is 4.90. The zero-order valence-electron chi connectivity index (χ0n) is 7.45. The zero-order valence-corrected chi connectivity index (χ0v) is 7.45. The Balaban J connectivity index is 2.41. The van der Waals surface area contributed by atoms with Crippen LogP contribution < -0.4 is 11.1 Å². The minimum atomic E-state index is 0.668. The number of hydrogen-bond donors (Lipinski definition) is 2. The quantitative estimate of drug-likeness (QED) is 0.629. The SMILES string of the molecule is CNCCc1cn(CCN)cn1. The van der Waals surface area contributed by atoms with Crippen LogP contribution in [0.25, 0.3) is 0 Å². The Kier molecular flexibility index (Phi) is 3.76. The molecule has 0 saturated heterocycles. The molecular formula is C8H16N4. The fraction of sp³-hybridized carbons (Fsp3) is 0.625. The van der Waals surface area contributed by atoms with Gasteiger partial charge in [-0.15, -0.1) is 0 Å². The summed E-state index contributed by atoms with van der Waals surface area (Å²) >= 11 is 0. The predicted molar refractivity (Wildman–Crippen MR) is 48.9 cm³/mol. The summed E-state index contributed by atoms with van der Waals surface area (Å²) in [6.45, 7) is 2.49. The first kappa shape index (κ1) is 9.22. The number of nitrogens with zero attached hydrogens (tertiary/aromatic N) is 2. The largest absolute Gasteiger partial charge is 0.336 e. The molecule has 0 bridgehead atoms. The number of hydrogen-bond acceptors (Lipinski definition) is 3. The van der Waals surface area contributed by atoms with Gasteiger partial charge in [0.05, 0.1) is 12.0 Å². The van der Waals surface area contributed by atoms with E-state index in [1.807, 2.05) is 24.1 Å². The van der Waals surface area contributed by atoms with Gasteiger partial charge in [-0.1, -0.05) is 0 Å². The first-order chi connectivity index (χ1) is 5.86. The third-order valence-corrected chi connectivity index (χ3v) is 1.71. The van der Waals surface area contributed by atoms with Crippen molar-refractivity contribution < 1.29 is 0 Å². The van der Waals surface area contributed by atoms with E-state index in [2.05, 4.69) is 10.3 Å². The topological polar surface area (TPSA) is 55.9 Å². The van der Waals surface area contributed by atoms with Gasteiger partial charge in [-0.25, -0.2) is 4.98 Å². The normalized spacial score (nSPS) is 10.5. The molecule has 12 heavy (non-hydrogen) atoms. The maximum Gasteiger partial charge on any atom is 0.0949 e. The van der Waals surface area contributed by atoms with Crippen molar-refractivity contribution in [2.45, 2.75) is 13.0 Å². The summed E-state index contributed by atoms with van der Waals surface area (Å²) in [7, 11) is 1.94. The molecule has 0 radical (unpaired) electrons. The van der Waals surface area contributed by atoms with Crippen LogP contribution in [0.1, 0.15) is 5.69 Å². The number of rotatable bonds is 5. The highest BCUT2D eigenvalue weighted by atomic mass is 15.0. The average Bonchev–Trinajstić information content (AvgIpc) is 2.50. The van der Waals surface area contributed by atoms with Crippen LogP contribution in [0.4, 0.5) is 0 Å². The number of aromatic nitrogens is 2. The van der Waals surface area contributed by atoms with E-state index in [9.17, 15) is 0 Å². The molecule has 1 heterocycles. The highest BCUT2D eigenvalue weighted by molar-refractivity contribution is 4.97. The Hall–Kier alpha value is -0.870. The Morgan fingerprint density at radius 1 is 1.67 bits per heavy atom. The molecule has 0 aliphatic carbocycles. The fourth-order valence-corrected chi connectivity index (χ4v) is 1.06. The van der Waals surface area contributed by atoms with Gasteiger partial charge in [-0.2, -0.15) is 0 Å². The molecule has 1 aromatic heterocycles. The highest BCUT2D eigenvalue weighted by Gasteiger charge is 1.96. The summed E-state index contributed by atoms with van der Waals surface area (Å²) in [4.78, 5) is 4.24. The molecular weight excluding hydrogens is 152 g/mol. The van der Waals surface area contributed by atoms with E-state index in [1.54, 1.807) is 0 Å². The van der Waals surface area contributed by atoms with Gasteiger partial charge < -0.3 is 15.6 Å². The molecule has 4 heteroatoms. The van der Waals surface area contributed by atoms with E-state index in [-0.39, 0.29) is 0 Å². The Morgan fingerprint density at radius 3 is 3.17 bits per heavy atom. The van der Waals surface area contributed by atoms with Gasteiger partial charge >= 0.3 is 0 Å². The van der Waals surface area contributed by atoms with Crippen LogP contribution in [-0.2, 0) is 13.0 Å². The zero-order chi connectivity index (χ0) is 8.81. The van der Waals surface area contributed by atoms with Crippen LogP contribution in [-0.4, -0.2) is 29.7 Å². The van der Waals surface area contributed by atoms with Gasteiger partial charge in [0.15, 0.2) is 0 Å². The van der Waals surface area contributed by atoms with Crippen molar-refractivity contribution >= 4 is 0 Å². The lowest BCUT2D eigenvalue weighted by Gasteiger charge is -1.96. The summed E-state index contributed by atoms with van der Waals surface area (Å²) in [5.41, 5.74) is 6.53. The first-order valence-electron chi connectivity index (χ1n) is 4.22. The maximum absolute atomic E-state index is 5.41. The molecule has 1 rings (SSSR count). The highest BCUT2D eigenvalue weighted by Crippen LogP contribution is 1.95. The molecule has 68 valence electrons. The van der Waals surface area contributed by atoms with Gasteiger partial charge in [-0.05, 0) is 7.05 Å². The molecule has 0 fully saturated rings. The summed E-state index contributed by atoms with van der Waals surface area (Å²) in [6.07, 6.45) is 4.86. The number of imidazole rings is 1. The van der Waals surface area contributed by atoms with E-state index in [0.717, 1.165) is 25.2 Å². The molecule has 0 aromatic carbocycles. The van der Waals surface area contributed by atoms with Gasteiger partial charge in [0.25, 0.3) is 0 Å². The minimum Gasteiger partial charge on any atom is -0.336 e. The molecule has 0 atom stereocenters. The van der Waals surface area contributed by atoms with Crippen molar-refractivity contribution in [1.29, 1.82) is 0 Å². The van der Waals surface area contributed by atoms with Crippen molar-refractivity contribution in [3.63, 3.8) is 0 Å². The lowest BCUT2D eigenvalue weighted by molar-refractivity contribution is 0.706. The van der Waals surface area contributed by atoms with Crippen LogP contribution in [0.15, 0.2) is 12.5 Å². The first-order valence-corrected chi connectivity index (χ1v) is 4.22. The molecule has 0 saturated carbocycles. The van der Waals surface area contributed by atoms with Gasteiger partial charge in [0.1, 0.15) is 0 Å². The third kappa shape index (κ3) is 2.64. The van der Waals surface area contributed by atoms with Gasteiger partial charge in [0.2, 0.25) is 0 Å². The summed E-state index contributed by atoms with van der Waals surface area (Å²) in [5.74, 6) is 0. The van der Waals surface area contributed by atoms with Crippen molar-refractivity contribution in [3.8, 4) is 0 Å². The predicted octanol–water partition coefficient (Wildman–Crippen LogP) is -0.396. The Bertz CT molecular complexity index is 219. The Morgan fingerprint density at radius 2 is 2.50 bits per heavy atom. The molecule has 1 aromatic rings. The van der Waals surface area contributed by atoms with Crippen LogP contribution in [0.2, 0.25) is 0 Å². The monoisotopic (exact) mass is 168 g/mol. The third-order valence-electron chi connectivity index (χ3n) is 1.71. The molecule has 0 aliphatic rings. The number of nitrogens with two attached hydrogens (primary N) is 1. The summed E-state index contributed by atoms with van der Waals surface area (Å²) < 4.78 is 2.02. The molecule has 0 spiro atoms. The maximum atomic E-state index is 5.41. The number of nitrogens with one attached hydrogen (secondary N) is 1. The second-order valence-corrected chi connectivity index (χ2v) is 2.75. The summed E-state index contributed by atoms with van der Waals surface area (Å²) in [6, 6.07) is 0. The second-order valence-electron chi connectivity index (χ2n) is 2.75. The summed E-state index contributed by atoms with van der Waals surface area (Å²) in [5, 5.41) is 3.08. The van der Waals surface area contributed by atoms with Crippen molar-refractivity contribution in [2.75, 3.05) is 20.1 Å². The molecule has 0 unspecified atom stereocenters. The minimum absolute atomic E-state index is 0.668. The van der Waals surface area contributed by atoms with Gasteiger partial charge in [0, 0.05) is 32.3 Å². The van der Waals surface area contributed by atoms with Crippen molar-refractivity contribution in [3.05, 3.63) is 18.2 Å². The molecule has 0 amide bonds. The van der Waals surface area contributed by atoms with Crippen LogP contribution in [0.3, 0.4) is 0 Å². The van der Waals surface area contributed by atoms with Crippen molar-refractivity contribution in [1.82, 2.24) is 14.9 Å². The van der Waals surface area contributed by atoms with E-state index < -0.39 is 0 Å². The van der Waals surface area contributed by atoms with E-state index in [1.165, 1.54) is 0 Å². The van der Waals surface area contributed by atoms with E-state index >= 15 is 0 Å². The average molecular weight is 168 g/mol. The van der Waals surface area contributed by atoms with Crippen LogP contribution in [0.5, 0.6) is 0 Å². The van der Waals surface area contributed by atoms with E-state index in [4.69, 9.17) is 5.73 Å². The van der Waals surface area contributed by atoms with Crippen LogP contribution >= 0.6 is 0 Å². The number of likely N-dealkylation sites (N-methyl/N-ethyl adjacent to an activating group) is 1.